The minimum atomic E-state index is -3.13. The number of hydrogen-bond donors (Lipinski definition) is 2. The van der Waals surface area contributed by atoms with Gasteiger partial charge in [-0.2, -0.15) is 0 Å². The highest BCUT2D eigenvalue weighted by Gasteiger charge is 2.14. The Balaban J connectivity index is 1.93. The van der Waals surface area contributed by atoms with E-state index >= 15 is 0 Å². The quantitative estimate of drug-likeness (QED) is 0.642. The average Bonchev–Trinajstić information content (AvgIpc) is 2.98. The normalized spacial score (nSPS) is 17.1. The zero-order chi connectivity index (χ0) is 15.3. The van der Waals surface area contributed by atoms with Crippen molar-refractivity contribution in [1.82, 2.24) is 5.32 Å². The monoisotopic (exact) mass is 309 g/mol. The van der Waals surface area contributed by atoms with Gasteiger partial charge in [-0.1, -0.05) is 31.9 Å². The fourth-order valence-electron chi connectivity index (χ4n) is 2.47. The van der Waals surface area contributed by atoms with Crippen molar-refractivity contribution in [2.45, 2.75) is 50.1 Å². The zero-order valence-corrected chi connectivity index (χ0v) is 13.2. The summed E-state index contributed by atoms with van der Waals surface area (Å²) in [5.41, 5.74) is 6.81. The molecule has 1 aromatic carbocycles. The first-order valence-electron chi connectivity index (χ1n) is 7.39. The molecule has 5 nitrogen and oxygen atoms in total. The molecule has 1 saturated carbocycles. The lowest BCUT2D eigenvalue weighted by Crippen LogP contribution is -2.38. The summed E-state index contributed by atoms with van der Waals surface area (Å²) in [6, 6.07) is 7.28. The van der Waals surface area contributed by atoms with Crippen LogP contribution in [-0.2, 0) is 16.4 Å². The van der Waals surface area contributed by atoms with E-state index in [0.717, 1.165) is 18.4 Å². The Morgan fingerprint density at radius 2 is 1.90 bits per heavy atom. The third kappa shape index (κ3) is 4.46. The van der Waals surface area contributed by atoms with Gasteiger partial charge < -0.3 is 11.1 Å². The van der Waals surface area contributed by atoms with E-state index in [9.17, 15) is 8.42 Å². The molecule has 0 radical (unpaired) electrons. The number of guanidine groups is 1. The SMILES string of the molecule is CCS(=O)(=O)c1ccc(CN=C(N)NC2CCCC2)cc1. The molecule has 21 heavy (non-hydrogen) atoms. The van der Waals surface area contributed by atoms with E-state index in [4.69, 9.17) is 5.73 Å². The van der Waals surface area contributed by atoms with E-state index in [1.54, 1.807) is 31.2 Å². The predicted molar refractivity (Wildman–Crippen MR) is 84.9 cm³/mol. The first-order chi connectivity index (χ1) is 10.0. The first-order valence-corrected chi connectivity index (χ1v) is 9.04. The summed E-state index contributed by atoms with van der Waals surface area (Å²) in [5, 5.41) is 3.23. The van der Waals surface area contributed by atoms with E-state index in [0.29, 0.717) is 23.4 Å². The van der Waals surface area contributed by atoms with Crippen LogP contribution in [-0.4, -0.2) is 26.2 Å². The molecule has 0 heterocycles. The van der Waals surface area contributed by atoms with Crippen molar-refractivity contribution in [2.75, 3.05) is 5.75 Å². The van der Waals surface area contributed by atoms with Gasteiger partial charge >= 0.3 is 0 Å². The molecule has 0 saturated heterocycles. The highest BCUT2D eigenvalue weighted by atomic mass is 32.2. The van der Waals surface area contributed by atoms with Gasteiger partial charge in [0.25, 0.3) is 0 Å². The van der Waals surface area contributed by atoms with Crippen LogP contribution in [0.3, 0.4) is 0 Å². The number of rotatable bonds is 5. The Kier molecular flexibility index (Phi) is 5.22. The topological polar surface area (TPSA) is 84.5 Å². The van der Waals surface area contributed by atoms with Crippen LogP contribution >= 0.6 is 0 Å². The number of nitrogens with zero attached hydrogens (tertiary/aromatic N) is 1. The molecule has 2 rings (SSSR count). The molecule has 1 aliphatic carbocycles. The number of sulfone groups is 1. The summed E-state index contributed by atoms with van der Waals surface area (Å²) < 4.78 is 23.4. The molecule has 0 bridgehead atoms. The van der Waals surface area contributed by atoms with Gasteiger partial charge in [0, 0.05) is 6.04 Å². The highest BCUT2D eigenvalue weighted by Crippen LogP contribution is 2.17. The Labute approximate surface area is 126 Å². The van der Waals surface area contributed by atoms with E-state index in [-0.39, 0.29) is 5.75 Å². The molecule has 0 aliphatic heterocycles. The summed E-state index contributed by atoms with van der Waals surface area (Å²) >= 11 is 0. The van der Waals surface area contributed by atoms with Gasteiger partial charge in [0.1, 0.15) is 0 Å². The van der Waals surface area contributed by atoms with E-state index in [1.807, 2.05) is 0 Å². The number of aliphatic imine (C=N–C) groups is 1. The maximum atomic E-state index is 11.7. The lowest BCUT2D eigenvalue weighted by molar-refractivity contribution is 0.597. The smallest absolute Gasteiger partial charge is 0.189 e. The molecule has 0 atom stereocenters. The summed E-state index contributed by atoms with van der Waals surface area (Å²) in [6.45, 7) is 2.10. The fraction of sp³-hybridized carbons (Fsp3) is 0.533. The van der Waals surface area contributed by atoms with Crippen LogP contribution in [0.2, 0.25) is 0 Å². The fourth-order valence-corrected chi connectivity index (χ4v) is 3.35. The Bertz CT molecular complexity index is 588. The third-order valence-electron chi connectivity index (χ3n) is 3.80. The van der Waals surface area contributed by atoms with Crippen molar-refractivity contribution in [2.24, 2.45) is 10.7 Å². The highest BCUT2D eigenvalue weighted by molar-refractivity contribution is 7.91. The van der Waals surface area contributed by atoms with Gasteiger partial charge in [-0.3, -0.25) is 0 Å². The second-order valence-electron chi connectivity index (χ2n) is 5.37. The van der Waals surface area contributed by atoms with Crippen LogP contribution in [0.15, 0.2) is 34.2 Å². The maximum Gasteiger partial charge on any atom is 0.189 e. The molecule has 0 unspecified atom stereocenters. The summed E-state index contributed by atoms with van der Waals surface area (Å²) in [5.74, 6) is 0.579. The molecular formula is C15H23N3O2S. The molecule has 1 fully saturated rings. The number of nitrogens with two attached hydrogens (primary N) is 1. The standard InChI is InChI=1S/C15H23N3O2S/c1-2-21(19,20)14-9-7-12(8-10-14)11-17-15(16)18-13-5-3-4-6-13/h7-10,13H,2-6,11H2,1H3,(H3,16,17,18). The van der Waals surface area contributed by atoms with Crippen molar-refractivity contribution < 1.29 is 8.42 Å². The zero-order valence-electron chi connectivity index (χ0n) is 12.4. The van der Waals surface area contributed by atoms with Crippen LogP contribution in [0.5, 0.6) is 0 Å². The van der Waals surface area contributed by atoms with Gasteiger partial charge in [-0.05, 0) is 30.5 Å². The van der Waals surface area contributed by atoms with Crippen LogP contribution in [0, 0.1) is 0 Å². The number of nitrogens with one attached hydrogen (secondary N) is 1. The number of benzene rings is 1. The van der Waals surface area contributed by atoms with Crippen LogP contribution in [0.4, 0.5) is 0 Å². The van der Waals surface area contributed by atoms with E-state index < -0.39 is 9.84 Å². The minimum absolute atomic E-state index is 0.114. The summed E-state index contributed by atoms with van der Waals surface area (Å²) in [6.07, 6.45) is 4.80. The summed E-state index contributed by atoms with van der Waals surface area (Å²) in [4.78, 5) is 4.66. The first kappa shape index (κ1) is 15.8. The van der Waals surface area contributed by atoms with Gasteiger partial charge in [0.15, 0.2) is 15.8 Å². The molecule has 0 amide bonds. The maximum absolute atomic E-state index is 11.7. The van der Waals surface area contributed by atoms with Gasteiger partial charge in [0.05, 0.1) is 17.2 Å². The lowest BCUT2D eigenvalue weighted by atomic mass is 10.2. The Morgan fingerprint density at radius 1 is 1.29 bits per heavy atom. The third-order valence-corrected chi connectivity index (χ3v) is 5.55. The molecule has 0 spiro atoms. The van der Waals surface area contributed by atoms with E-state index in [1.165, 1.54) is 12.8 Å². The molecule has 0 aromatic heterocycles. The largest absolute Gasteiger partial charge is 0.370 e. The Morgan fingerprint density at radius 3 is 2.48 bits per heavy atom. The van der Waals surface area contributed by atoms with Crippen molar-refractivity contribution in [3.05, 3.63) is 29.8 Å². The lowest BCUT2D eigenvalue weighted by Gasteiger charge is -2.12. The average molecular weight is 309 g/mol. The molecule has 6 heteroatoms. The number of hydrogen-bond acceptors (Lipinski definition) is 3. The van der Waals surface area contributed by atoms with Crippen molar-refractivity contribution in [3.8, 4) is 0 Å². The van der Waals surface area contributed by atoms with E-state index in [2.05, 4.69) is 10.3 Å². The van der Waals surface area contributed by atoms with Crippen molar-refractivity contribution >= 4 is 15.8 Å². The minimum Gasteiger partial charge on any atom is -0.370 e. The van der Waals surface area contributed by atoms with Gasteiger partial charge in [-0.15, -0.1) is 0 Å². The second-order valence-corrected chi connectivity index (χ2v) is 7.65. The predicted octanol–water partition coefficient (Wildman–Crippen LogP) is 1.83. The van der Waals surface area contributed by atoms with Crippen LogP contribution in [0.1, 0.15) is 38.2 Å². The molecule has 3 N–H and O–H groups in total. The van der Waals surface area contributed by atoms with Gasteiger partial charge in [-0.25, -0.2) is 13.4 Å². The molecule has 1 aromatic rings. The van der Waals surface area contributed by atoms with Crippen molar-refractivity contribution in [1.29, 1.82) is 0 Å². The van der Waals surface area contributed by atoms with Gasteiger partial charge in [0.2, 0.25) is 0 Å². The van der Waals surface area contributed by atoms with Crippen LogP contribution < -0.4 is 11.1 Å². The molecule has 116 valence electrons. The summed E-state index contributed by atoms with van der Waals surface area (Å²) in [7, 11) is -3.13. The second kappa shape index (κ2) is 6.93. The molecular weight excluding hydrogens is 286 g/mol. The molecule has 1 aliphatic rings. The van der Waals surface area contributed by atoms with Crippen molar-refractivity contribution in [3.63, 3.8) is 0 Å². The Hall–Kier alpha value is -1.56. The van der Waals surface area contributed by atoms with Crippen LogP contribution in [0.25, 0.3) is 0 Å².